The molecule has 0 spiro atoms. The quantitative estimate of drug-likeness (QED) is 0.731. The molecule has 0 aliphatic carbocycles. The highest BCUT2D eigenvalue weighted by Gasteiger charge is 2.05. The fourth-order valence-electron chi connectivity index (χ4n) is 1.53. The van der Waals surface area contributed by atoms with Gasteiger partial charge in [0, 0.05) is 12.6 Å². The standard InChI is InChI=1S/C15H20N2O/c1-11(2)5-6-14-9-12(3)15(18-14)7-8-17-13(4)10-16/h7-9,11H,5-6H2,1-4H3/b8-7-,17-13?. The van der Waals surface area contributed by atoms with Crippen molar-refractivity contribution in [1.82, 2.24) is 0 Å². The minimum Gasteiger partial charge on any atom is -0.461 e. The van der Waals surface area contributed by atoms with Gasteiger partial charge in [-0.3, -0.25) is 4.99 Å². The highest BCUT2D eigenvalue weighted by Crippen LogP contribution is 2.19. The van der Waals surface area contributed by atoms with Gasteiger partial charge in [0.15, 0.2) is 0 Å². The minimum absolute atomic E-state index is 0.440. The third-order valence-electron chi connectivity index (χ3n) is 2.63. The van der Waals surface area contributed by atoms with Crippen LogP contribution in [0.3, 0.4) is 0 Å². The second-order valence-electron chi connectivity index (χ2n) is 4.83. The number of aliphatic imine (C=N–C) groups is 1. The third-order valence-corrected chi connectivity index (χ3v) is 2.63. The van der Waals surface area contributed by atoms with E-state index < -0.39 is 0 Å². The summed E-state index contributed by atoms with van der Waals surface area (Å²) in [4.78, 5) is 3.98. The molecule has 0 atom stereocenters. The number of hydrogen-bond acceptors (Lipinski definition) is 3. The third kappa shape index (κ3) is 4.58. The molecule has 1 aromatic heterocycles. The Morgan fingerprint density at radius 2 is 2.28 bits per heavy atom. The SMILES string of the molecule is CC(C#N)=N/C=C\c1oc(CCC(C)C)cc1C. The van der Waals surface area contributed by atoms with E-state index in [0.717, 1.165) is 29.9 Å². The average molecular weight is 244 g/mol. The number of aryl methyl sites for hydroxylation is 2. The molecule has 0 bridgehead atoms. The maximum Gasteiger partial charge on any atom is 0.131 e. The number of hydrogen-bond donors (Lipinski definition) is 0. The van der Waals surface area contributed by atoms with E-state index in [9.17, 15) is 0 Å². The van der Waals surface area contributed by atoms with E-state index in [1.54, 1.807) is 19.2 Å². The Labute approximate surface area is 109 Å². The first-order valence-electron chi connectivity index (χ1n) is 6.23. The van der Waals surface area contributed by atoms with E-state index in [1.807, 2.05) is 13.0 Å². The van der Waals surface area contributed by atoms with E-state index in [4.69, 9.17) is 9.68 Å². The lowest BCUT2D eigenvalue weighted by Gasteiger charge is -2.00. The number of nitrogens with zero attached hydrogens (tertiary/aromatic N) is 2. The number of nitriles is 1. The Balaban J connectivity index is 2.71. The number of rotatable bonds is 5. The van der Waals surface area contributed by atoms with Crippen LogP contribution in [0.4, 0.5) is 0 Å². The van der Waals surface area contributed by atoms with Crippen molar-refractivity contribution in [2.75, 3.05) is 0 Å². The van der Waals surface area contributed by atoms with Crippen molar-refractivity contribution in [1.29, 1.82) is 5.26 Å². The molecule has 0 aliphatic rings. The van der Waals surface area contributed by atoms with Gasteiger partial charge in [0.25, 0.3) is 0 Å². The van der Waals surface area contributed by atoms with Crippen LogP contribution < -0.4 is 0 Å². The van der Waals surface area contributed by atoms with Crippen molar-refractivity contribution in [2.24, 2.45) is 10.9 Å². The van der Waals surface area contributed by atoms with E-state index >= 15 is 0 Å². The summed E-state index contributed by atoms with van der Waals surface area (Å²) < 4.78 is 5.74. The highest BCUT2D eigenvalue weighted by molar-refractivity contribution is 5.96. The summed E-state index contributed by atoms with van der Waals surface area (Å²) in [5, 5.41) is 8.57. The zero-order chi connectivity index (χ0) is 13.5. The van der Waals surface area contributed by atoms with Crippen molar-refractivity contribution in [3.05, 3.63) is 29.4 Å². The van der Waals surface area contributed by atoms with Crippen LogP contribution in [-0.4, -0.2) is 5.71 Å². The molecule has 1 aromatic rings. The minimum atomic E-state index is 0.440. The molecular formula is C15H20N2O. The van der Waals surface area contributed by atoms with Gasteiger partial charge in [0.1, 0.15) is 23.3 Å². The van der Waals surface area contributed by atoms with Gasteiger partial charge < -0.3 is 4.42 Å². The topological polar surface area (TPSA) is 49.3 Å². The second-order valence-corrected chi connectivity index (χ2v) is 4.83. The molecule has 1 rings (SSSR count). The molecule has 0 aliphatic heterocycles. The van der Waals surface area contributed by atoms with Crippen molar-refractivity contribution in [3.63, 3.8) is 0 Å². The summed E-state index contributed by atoms with van der Waals surface area (Å²) in [6, 6.07) is 4.04. The molecule has 0 amide bonds. The smallest absolute Gasteiger partial charge is 0.131 e. The predicted molar refractivity (Wildman–Crippen MR) is 74.4 cm³/mol. The van der Waals surface area contributed by atoms with Crippen molar-refractivity contribution in [2.45, 2.75) is 40.5 Å². The maximum atomic E-state index is 8.57. The van der Waals surface area contributed by atoms with Gasteiger partial charge in [-0.05, 0) is 43.9 Å². The van der Waals surface area contributed by atoms with E-state index in [0.29, 0.717) is 11.6 Å². The Morgan fingerprint density at radius 1 is 1.56 bits per heavy atom. The molecule has 0 saturated heterocycles. The molecule has 0 aromatic carbocycles. The summed E-state index contributed by atoms with van der Waals surface area (Å²) in [6.45, 7) is 8.10. The molecule has 0 N–H and O–H groups in total. The van der Waals surface area contributed by atoms with Crippen LogP contribution in [0.2, 0.25) is 0 Å². The largest absolute Gasteiger partial charge is 0.461 e. The van der Waals surface area contributed by atoms with Gasteiger partial charge in [-0.15, -0.1) is 0 Å². The van der Waals surface area contributed by atoms with E-state index in [2.05, 4.69) is 24.9 Å². The molecule has 0 unspecified atom stereocenters. The molecular weight excluding hydrogens is 224 g/mol. The number of furan rings is 1. The van der Waals surface area contributed by atoms with Crippen LogP contribution in [0.5, 0.6) is 0 Å². The molecule has 18 heavy (non-hydrogen) atoms. The van der Waals surface area contributed by atoms with Crippen molar-refractivity contribution >= 4 is 11.8 Å². The van der Waals surface area contributed by atoms with Crippen LogP contribution in [0.15, 0.2) is 21.7 Å². The van der Waals surface area contributed by atoms with Gasteiger partial charge in [0.05, 0.1) is 0 Å². The summed E-state index contributed by atoms with van der Waals surface area (Å²) in [6.07, 6.45) is 5.50. The Kier molecular flexibility index (Phi) is 5.38. The summed E-state index contributed by atoms with van der Waals surface area (Å²) in [5.41, 5.74) is 1.55. The Bertz CT molecular complexity index is 487. The average Bonchev–Trinajstić information content (AvgIpc) is 2.67. The molecule has 3 nitrogen and oxygen atoms in total. The van der Waals surface area contributed by atoms with E-state index in [-0.39, 0.29) is 0 Å². The second kappa shape index (κ2) is 6.80. The van der Waals surface area contributed by atoms with Crippen molar-refractivity contribution < 1.29 is 4.42 Å². The van der Waals surface area contributed by atoms with E-state index in [1.165, 1.54) is 0 Å². The van der Waals surface area contributed by atoms with Gasteiger partial charge >= 0.3 is 0 Å². The monoisotopic (exact) mass is 244 g/mol. The molecule has 0 fully saturated rings. The maximum absolute atomic E-state index is 8.57. The molecule has 0 radical (unpaired) electrons. The van der Waals surface area contributed by atoms with Crippen LogP contribution in [0, 0.1) is 24.2 Å². The first kappa shape index (κ1) is 14.2. The molecule has 3 heteroatoms. The fourth-order valence-corrected chi connectivity index (χ4v) is 1.53. The zero-order valence-electron chi connectivity index (χ0n) is 11.5. The first-order valence-corrected chi connectivity index (χ1v) is 6.23. The summed E-state index contributed by atoms with van der Waals surface area (Å²) in [5.74, 6) is 2.52. The highest BCUT2D eigenvalue weighted by atomic mass is 16.3. The lowest BCUT2D eigenvalue weighted by Crippen LogP contribution is -1.89. The van der Waals surface area contributed by atoms with Gasteiger partial charge in [0.2, 0.25) is 0 Å². The fraction of sp³-hybridized carbons (Fsp3) is 0.467. The Hall–Kier alpha value is -1.82. The van der Waals surface area contributed by atoms with Crippen LogP contribution >= 0.6 is 0 Å². The predicted octanol–water partition coefficient (Wildman–Crippen LogP) is 4.13. The van der Waals surface area contributed by atoms with Gasteiger partial charge in [-0.25, -0.2) is 0 Å². The summed E-state index contributed by atoms with van der Waals surface area (Å²) in [7, 11) is 0. The zero-order valence-corrected chi connectivity index (χ0v) is 11.5. The van der Waals surface area contributed by atoms with Crippen molar-refractivity contribution in [3.8, 4) is 6.07 Å². The first-order chi connectivity index (χ1) is 8.52. The Morgan fingerprint density at radius 3 is 2.89 bits per heavy atom. The van der Waals surface area contributed by atoms with Gasteiger partial charge in [-0.1, -0.05) is 13.8 Å². The van der Waals surface area contributed by atoms with Gasteiger partial charge in [-0.2, -0.15) is 5.26 Å². The molecule has 1 heterocycles. The lowest BCUT2D eigenvalue weighted by atomic mass is 10.1. The molecule has 0 saturated carbocycles. The van der Waals surface area contributed by atoms with Crippen LogP contribution in [0.25, 0.3) is 6.08 Å². The lowest BCUT2D eigenvalue weighted by molar-refractivity contribution is 0.469. The molecule has 96 valence electrons. The van der Waals surface area contributed by atoms with Crippen LogP contribution in [0.1, 0.15) is 44.3 Å². The summed E-state index contributed by atoms with van der Waals surface area (Å²) >= 11 is 0. The normalized spacial score (nSPS) is 12.3. The van der Waals surface area contributed by atoms with Crippen LogP contribution in [-0.2, 0) is 6.42 Å².